The summed E-state index contributed by atoms with van der Waals surface area (Å²) < 4.78 is 4.80. The first-order valence-electron chi connectivity index (χ1n) is 5.64. The Bertz CT molecular complexity index is 315. The molecule has 6 heteroatoms. The first-order chi connectivity index (χ1) is 7.77. The summed E-state index contributed by atoms with van der Waals surface area (Å²) in [6.07, 6.45) is -1.19. The number of aliphatic hydroxyl groups is 1. The van der Waals surface area contributed by atoms with Gasteiger partial charge in [0.25, 0.3) is 0 Å². The van der Waals surface area contributed by atoms with Gasteiger partial charge in [0, 0.05) is 5.41 Å². The summed E-state index contributed by atoms with van der Waals surface area (Å²) >= 11 is 0. The van der Waals surface area contributed by atoms with Gasteiger partial charge in [0.15, 0.2) is 6.29 Å². The fourth-order valence-electron chi connectivity index (χ4n) is 1.37. The molecule has 0 aliphatic carbocycles. The summed E-state index contributed by atoms with van der Waals surface area (Å²) in [6, 6.07) is -0.680. The summed E-state index contributed by atoms with van der Waals surface area (Å²) in [6.45, 7) is 5.45. The number of carboxylic acid groups (broad SMARTS) is 1. The molecule has 6 nitrogen and oxygen atoms in total. The predicted molar refractivity (Wildman–Crippen MR) is 59.1 cm³/mol. The molecule has 0 radical (unpaired) electrons. The summed E-state index contributed by atoms with van der Waals surface area (Å²) in [7, 11) is 0. The lowest BCUT2D eigenvalue weighted by Gasteiger charge is -2.24. The van der Waals surface area contributed by atoms with Crippen molar-refractivity contribution in [3.05, 3.63) is 0 Å². The van der Waals surface area contributed by atoms with Gasteiger partial charge >= 0.3 is 5.97 Å². The van der Waals surface area contributed by atoms with E-state index in [-0.39, 0.29) is 12.3 Å². The molecule has 1 amide bonds. The van der Waals surface area contributed by atoms with E-state index in [2.05, 4.69) is 5.32 Å². The number of carboxylic acids is 1. The van der Waals surface area contributed by atoms with E-state index in [9.17, 15) is 9.59 Å². The molecular weight excluding hydrogens is 226 g/mol. The monoisotopic (exact) mass is 245 g/mol. The second-order valence-electron chi connectivity index (χ2n) is 4.91. The molecule has 1 fully saturated rings. The van der Waals surface area contributed by atoms with Gasteiger partial charge in [-0.3, -0.25) is 9.59 Å². The summed E-state index contributed by atoms with van der Waals surface area (Å²) in [5.74, 6) is -1.26. The van der Waals surface area contributed by atoms with Gasteiger partial charge in [0.1, 0.15) is 6.10 Å². The first kappa shape index (κ1) is 13.9. The van der Waals surface area contributed by atoms with Crippen LogP contribution in [0.2, 0.25) is 0 Å². The summed E-state index contributed by atoms with van der Waals surface area (Å²) in [4.78, 5) is 22.5. The van der Waals surface area contributed by atoms with Crippen molar-refractivity contribution in [2.24, 2.45) is 5.41 Å². The van der Waals surface area contributed by atoms with Crippen LogP contribution >= 0.6 is 0 Å². The van der Waals surface area contributed by atoms with Crippen LogP contribution in [0.25, 0.3) is 0 Å². The van der Waals surface area contributed by atoms with Gasteiger partial charge in [-0.05, 0) is 6.42 Å². The highest BCUT2D eigenvalue weighted by Gasteiger charge is 2.46. The van der Waals surface area contributed by atoms with E-state index in [0.717, 1.165) is 0 Å². The van der Waals surface area contributed by atoms with E-state index in [0.29, 0.717) is 6.42 Å². The number of amides is 1. The van der Waals surface area contributed by atoms with Crippen LogP contribution in [0.3, 0.4) is 0 Å². The van der Waals surface area contributed by atoms with Crippen molar-refractivity contribution in [3.8, 4) is 0 Å². The molecule has 0 spiro atoms. The molecule has 0 aromatic heterocycles. The number of epoxide rings is 1. The normalized spacial score (nSPS) is 25.2. The van der Waals surface area contributed by atoms with Crippen molar-refractivity contribution in [2.75, 3.05) is 0 Å². The second kappa shape index (κ2) is 5.01. The van der Waals surface area contributed by atoms with Crippen molar-refractivity contribution in [1.29, 1.82) is 0 Å². The van der Waals surface area contributed by atoms with Crippen molar-refractivity contribution in [3.63, 3.8) is 0 Å². The topological polar surface area (TPSA) is 99.2 Å². The molecule has 98 valence electrons. The Morgan fingerprint density at radius 2 is 2.00 bits per heavy atom. The Morgan fingerprint density at radius 1 is 1.47 bits per heavy atom. The van der Waals surface area contributed by atoms with E-state index < -0.39 is 29.8 Å². The largest absolute Gasteiger partial charge is 0.481 e. The molecule has 1 rings (SSSR count). The fraction of sp³-hybridized carbons (Fsp3) is 0.818. The van der Waals surface area contributed by atoms with E-state index in [1.807, 2.05) is 6.92 Å². The Labute approximate surface area is 100.0 Å². The van der Waals surface area contributed by atoms with Crippen LogP contribution in [0.1, 0.15) is 33.6 Å². The molecule has 0 aromatic carbocycles. The molecule has 3 unspecified atom stereocenters. The SMILES string of the molecule is CCC(C)(C)C(=O)NC(CC(=O)O)C1OC1O. The van der Waals surface area contributed by atoms with Gasteiger partial charge in [0.2, 0.25) is 5.91 Å². The van der Waals surface area contributed by atoms with Gasteiger partial charge in [-0.2, -0.15) is 0 Å². The van der Waals surface area contributed by atoms with Gasteiger partial charge in [0.05, 0.1) is 12.5 Å². The van der Waals surface area contributed by atoms with E-state index in [1.165, 1.54) is 0 Å². The van der Waals surface area contributed by atoms with Gasteiger partial charge in [-0.1, -0.05) is 20.8 Å². The highest BCUT2D eigenvalue weighted by molar-refractivity contribution is 5.82. The molecule has 1 heterocycles. The lowest BCUT2D eigenvalue weighted by molar-refractivity contribution is -0.138. The number of aliphatic hydroxyl groups excluding tert-OH is 1. The smallest absolute Gasteiger partial charge is 0.305 e. The lowest BCUT2D eigenvalue weighted by Crippen LogP contribution is -2.46. The van der Waals surface area contributed by atoms with Crippen molar-refractivity contribution < 1.29 is 24.5 Å². The number of nitrogens with one attached hydrogen (secondary N) is 1. The van der Waals surface area contributed by atoms with Gasteiger partial charge < -0.3 is 20.3 Å². The van der Waals surface area contributed by atoms with Crippen LogP contribution in [0.4, 0.5) is 0 Å². The maximum Gasteiger partial charge on any atom is 0.305 e. The minimum atomic E-state index is -1.03. The van der Waals surface area contributed by atoms with Crippen LogP contribution in [-0.2, 0) is 14.3 Å². The fourth-order valence-corrected chi connectivity index (χ4v) is 1.37. The zero-order chi connectivity index (χ0) is 13.2. The number of rotatable bonds is 6. The number of hydrogen-bond acceptors (Lipinski definition) is 4. The molecule has 0 saturated carbocycles. The Balaban J connectivity index is 2.60. The average molecular weight is 245 g/mol. The lowest BCUT2D eigenvalue weighted by atomic mass is 9.88. The number of ether oxygens (including phenoxy) is 1. The standard InChI is InChI=1S/C11H19NO5/c1-4-11(2,3)10(16)12-6(5-7(13)14)8-9(15)17-8/h6,8-9,15H,4-5H2,1-3H3,(H,12,16)(H,13,14). The Kier molecular flexibility index (Phi) is 4.11. The third kappa shape index (κ3) is 3.67. The Hall–Kier alpha value is -1.14. The van der Waals surface area contributed by atoms with Crippen molar-refractivity contribution in [1.82, 2.24) is 5.32 Å². The van der Waals surface area contributed by atoms with E-state index >= 15 is 0 Å². The summed E-state index contributed by atoms with van der Waals surface area (Å²) in [5, 5.41) is 20.5. The molecule has 17 heavy (non-hydrogen) atoms. The maximum absolute atomic E-state index is 11.9. The van der Waals surface area contributed by atoms with E-state index in [1.54, 1.807) is 13.8 Å². The molecule has 0 bridgehead atoms. The average Bonchev–Trinajstić information content (AvgIpc) is 2.93. The number of carbonyl (C=O) groups excluding carboxylic acids is 1. The third-order valence-electron chi connectivity index (χ3n) is 3.11. The molecule has 0 aromatic rings. The zero-order valence-electron chi connectivity index (χ0n) is 10.3. The molecular formula is C11H19NO5. The van der Waals surface area contributed by atoms with Crippen LogP contribution < -0.4 is 5.32 Å². The van der Waals surface area contributed by atoms with E-state index in [4.69, 9.17) is 14.9 Å². The number of aliphatic carboxylic acids is 1. The molecule has 1 aliphatic rings. The number of carbonyl (C=O) groups is 2. The maximum atomic E-state index is 11.9. The summed E-state index contributed by atoms with van der Waals surface area (Å²) in [5.41, 5.74) is -0.559. The van der Waals surface area contributed by atoms with Crippen molar-refractivity contribution >= 4 is 11.9 Å². The van der Waals surface area contributed by atoms with Crippen molar-refractivity contribution in [2.45, 2.75) is 52.0 Å². The molecule has 3 atom stereocenters. The van der Waals surface area contributed by atoms with Crippen LogP contribution in [0, 0.1) is 5.41 Å². The van der Waals surface area contributed by atoms with Gasteiger partial charge in [-0.25, -0.2) is 0 Å². The van der Waals surface area contributed by atoms with Crippen LogP contribution in [-0.4, -0.2) is 40.5 Å². The predicted octanol–water partition coefficient (Wildman–Crippen LogP) is 0.0993. The second-order valence-corrected chi connectivity index (χ2v) is 4.91. The van der Waals surface area contributed by atoms with Crippen LogP contribution in [0.5, 0.6) is 0 Å². The highest BCUT2D eigenvalue weighted by Crippen LogP contribution is 2.26. The van der Waals surface area contributed by atoms with Crippen LogP contribution in [0.15, 0.2) is 0 Å². The minimum absolute atomic E-state index is 0.228. The highest BCUT2D eigenvalue weighted by atomic mass is 16.7. The minimum Gasteiger partial charge on any atom is -0.481 e. The third-order valence-corrected chi connectivity index (χ3v) is 3.11. The first-order valence-corrected chi connectivity index (χ1v) is 5.64. The quantitative estimate of drug-likeness (QED) is 0.576. The zero-order valence-corrected chi connectivity index (χ0v) is 10.3. The number of hydrogen-bond donors (Lipinski definition) is 3. The molecule has 1 aliphatic heterocycles. The Morgan fingerprint density at radius 3 is 2.35 bits per heavy atom. The van der Waals surface area contributed by atoms with Gasteiger partial charge in [-0.15, -0.1) is 0 Å². The molecule has 1 saturated heterocycles. The molecule has 3 N–H and O–H groups in total.